The van der Waals surface area contributed by atoms with Gasteiger partial charge in [0.25, 0.3) is 11.8 Å². The number of Topliss-reactive ketones (excluding diaryl/α,β-unsaturated/α-hetero) is 1. The second-order valence-corrected chi connectivity index (χ2v) is 6.87. The van der Waals surface area contributed by atoms with E-state index < -0.39 is 0 Å². The molecule has 0 unspecified atom stereocenters. The van der Waals surface area contributed by atoms with Gasteiger partial charge in [-0.3, -0.25) is 14.4 Å². The van der Waals surface area contributed by atoms with Crippen molar-refractivity contribution < 1.29 is 14.4 Å². The van der Waals surface area contributed by atoms with Crippen LogP contribution in [0.25, 0.3) is 0 Å². The number of carbonyl (C=O) groups excluding carboxylic acids is 3. The summed E-state index contributed by atoms with van der Waals surface area (Å²) >= 11 is 0. The number of ketones is 1. The summed E-state index contributed by atoms with van der Waals surface area (Å²) in [5.41, 5.74) is 4.75. The summed E-state index contributed by atoms with van der Waals surface area (Å²) in [6, 6.07) is 18.9. The van der Waals surface area contributed by atoms with Crippen LogP contribution < -0.4 is 10.6 Å². The Kier molecular flexibility index (Phi) is 5.88. The van der Waals surface area contributed by atoms with Crippen molar-refractivity contribution in [2.75, 3.05) is 10.6 Å². The van der Waals surface area contributed by atoms with Crippen molar-refractivity contribution in [2.45, 2.75) is 20.8 Å². The molecule has 0 atom stereocenters. The minimum absolute atomic E-state index is 0.0366. The topological polar surface area (TPSA) is 75.3 Å². The molecule has 2 amide bonds. The lowest BCUT2D eigenvalue weighted by molar-refractivity contribution is 0.101. The zero-order chi connectivity index (χ0) is 21.0. The lowest BCUT2D eigenvalue weighted by Crippen LogP contribution is -2.16. The van der Waals surface area contributed by atoms with Crippen molar-refractivity contribution in [1.82, 2.24) is 0 Å². The summed E-state index contributed by atoms with van der Waals surface area (Å²) in [6.07, 6.45) is 0. The highest BCUT2D eigenvalue weighted by molar-refractivity contribution is 6.09. The van der Waals surface area contributed by atoms with Crippen molar-refractivity contribution in [1.29, 1.82) is 0 Å². The Morgan fingerprint density at radius 2 is 1.28 bits per heavy atom. The molecule has 0 saturated heterocycles. The maximum Gasteiger partial charge on any atom is 0.255 e. The van der Waals surface area contributed by atoms with Crippen molar-refractivity contribution in [3.63, 3.8) is 0 Å². The van der Waals surface area contributed by atoms with Gasteiger partial charge in [0, 0.05) is 28.1 Å². The summed E-state index contributed by atoms with van der Waals surface area (Å²) in [5, 5.41) is 5.67. The third kappa shape index (κ3) is 4.76. The summed E-state index contributed by atoms with van der Waals surface area (Å²) in [7, 11) is 0. The number of rotatable bonds is 5. The van der Waals surface area contributed by atoms with Crippen LogP contribution in [0.3, 0.4) is 0 Å². The van der Waals surface area contributed by atoms with Crippen LogP contribution in [-0.4, -0.2) is 17.6 Å². The average Bonchev–Trinajstić information content (AvgIpc) is 2.72. The van der Waals surface area contributed by atoms with Crippen LogP contribution in [-0.2, 0) is 0 Å². The Labute approximate surface area is 169 Å². The van der Waals surface area contributed by atoms with Crippen LogP contribution in [0.1, 0.15) is 49.1 Å². The van der Waals surface area contributed by atoms with E-state index in [2.05, 4.69) is 10.6 Å². The molecular formula is C24H22N2O3. The van der Waals surface area contributed by atoms with E-state index >= 15 is 0 Å². The van der Waals surface area contributed by atoms with Gasteiger partial charge in [-0.1, -0.05) is 18.2 Å². The molecule has 0 aliphatic heterocycles. The molecular weight excluding hydrogens is 364 g/mol. The third-order valence-corrected chi connectivity index (χ3v) is 4.79. The fourth-order valence-corrected chi connectivity index (χ4v) is 2.87. The summed E-state index contributed by atoms with van der Waals surface area (Å²) in [5.74, 6) is -0.647. The third-order valence-electron chi connectivity index (χ3n) is 4.79. The van der Waals surface area contributed by atoms with E-state index in [1.807, 2.05) is 32.0 Å². The lowest BCUT2D eigenvalue weighted by Gasteiger charge is -2.11. The smallest absolute Gasteiger partial charge is 0.255 e. The van der Waals surface area contributed by atoms with Crippen LogP contribution in [0, 0.1) is 13.8 Å². The molecule has 146 valence electrons. The van der Waals surface area contributed by atoms with Crippen molar-refractivity contribution in [3.8, 4) is 0 Å². The minimum atomic E-state index is -0.332. The SMILES string of the molecule is CC(=O)c1ccc(NC(=O)c2cccc(C(=O)Nc3cccc(C)c3C)c2)cc1. The number of nitrogens with one attached hydrogen (secondary N) is 2. The van der Waals surface area contributed by atoms with Gasteiger partial charge >= 0.3 is 0 Å². The van der Waals surface area contributed by atoms with Crippen LogP contribution >= 0.6 is 0 Å². The molecule has 5 heteroatoms. The van der Waals surface area contributed by atoms with Crippen molar-refractivity contribution in [3.05, 3.63) is 94.5 Å². The van der Waals surface area contributed by atoms with E-state index in [4.69, 9.17) is 0 Å². The molecule has 2 N–H and O–H groups in total. The number of hydrogen-bond donors (Lipinski definition) is 2. The van der Waals surface area contributed by atoms with Crippen LogP contribution in [0.15, 0.2) is 66.7 Å². The van der Waals surface area contributed by atoms with E-state index in [-0.39, 0.29) is 17.6 Å². The van der Waals surface area contributed by atoms with Gasteiger partial charge in [-0.15, -0.1) is 0 Å². The fraction of sp³-hybridized carbons (Fsp3) is 0.125. The molecule has 0 heterocycles. The quantitative estimate of drug-likeness (QED) is 0.605. The second-order valence-electron chi connectivity index (χ2n) is 6.87. The Hall–Kier alpha value is -3.73. The summed E-state index contributed by atoms with van der Waals surface area (Å²) < 4.78 is 0. The number of anilines is 2. The Balaban J connectivity index is 1.74. The maximum atomic E-state index is 12.6. The normalized spacial score (nSPS) is 10.3. The largest absolute Gasteiger partial charge is 0.322 e. The molecule has 0 aliphatic rings. The Bertz CT molecular complexity index is 1090. The van der Waals surface area contributed by atoms with E-state index in [0.717, 1.165) is 16.8 Å². The number of amides is 2. The van der Waals surface area contributed by atoms with Crippen molar-refractivity contribution >= 4 is 29.0 Å². The highest BCUT2D eigenvalue weighted by atomic mass is 16.2. The summed E-state index contributed by atoms with van der Waals surface area (Å²) in [4.78, 5) is 36.5. The zero-order valence-corrected chi connectivity index (χ0v) is 16.6. The Morgan fingerprint density at radius 3 is 1.90 bits per heavy atom. The lowest BCUT2D eigenvalue weighted by atomic mass is 10.1. The Morgan fingerprint density at radius 1 is 0.690 bits per heavy atom. The molecule has 3 rings (SSSR count). The highest BCUT2D eigenvalue weighted by Gasteiger charge is 2.12. The molecule has 3 aromatic rings. The first-order chi connectivity index (χ1) is 13.8. The van der Waals surface area contributed by atoms with Crippen LogP contribution in [0.5, 0.6) is 0 Å². The van der Waals surface area contributed by atoms with E-state index in [1.165, 1.54) is 6.92 Å². The van der Waals surface area contributed by atoms with E-state index in [9.17, 15) is 14.4 Å². The minimum Gasteiger partial charge on any atom is -0.322 e. The molecule has 0 radical (unpaired) electrons. The molecule has 0 saturated carbocycles. The highest BCUT2D eigenvalue weighted by Crippen LogP contribution is 2.19. The van der Waals surface area contributed by atoms with Crippen molar-refractivity contribution in [2.24, 2.45) is 0 Å². The van der Waals surface area contributed by atoms with E-state index in [0.29, 0.717) is 22.4 Å². The predicted molar refractivity (Wildman–Crippen MR) is 115 cm³/mol. The molecule has 0 fully saturated rings. The molecule has 0 aliphatic carbocycles. The number of hydrogen-bond acceptors (Lipinski definition) is 3. The monoisotopic (exact) mass is 386 g/mol. The first kappa shape index (κ1) is 20.0. The molecule has 0 aromatic heterocycles. The van der Waals surface area contributed by atoms with Gasteiger partial charge in [0.1, 0.15) is 0 Å². The molecule has 3 aromatic carbocycles. The second kappa shape index (κ2) is 8.52. The fourth-order valence-electron chi connectivity index (χ4n) is 2.87. The van der Waals surface area contributed by atoms with Gasteiger partial charge in [0.15, 0.2) is 5.78 Å². The first-order valence-corrected chi connectivity index (χ1v) is 9.25. The van der Waals surface area contributed by atoms with Gasteiger partial charge in [-0.05, 0) is 80.4 Å². The summed E-state index contributed by atoms with van der Waals surface area (Å²) in [6.45, 7) is 5.42. The molecule has 29 heavy (non-hydrogen) atoms. The van der Waals surface area contributed by atoms with Gasteiger partial charge in [0.05, 0.1) is 0 Å². The molecule has 5 nitrogen and oxygen atoms in total. The first-order valence-electron chi connectivity index (χ1n) is 9.25. The van der Waals surface area contributed by atoms with Gasteiger partial charge in [-0.25, -0.2) is 0 Å². The zero-order valence-electron chi connectivity index (χ0n) is 16.6. The number of benzene rings is 3. The number of carbonyl (C=O) groups is 3. The number of aryl methyl sites for hydroxylation is 1. The van der Waals surface area contributed by atoms with Crippen LogP contribution in [0.2, 0.25) is 0 Å². The van der Waals surface area contributed by atoms with E-state index in [1.54, 1.807) is 48.5 Å². The van der Waals surface area contributed by atoms with Gasteiger partial charge in [0.2, 0.25) is 0 Å². The van der Waals surface area contributed by atoms with Gasteiger partial charge < -0.3 is 10.6 Å². The van der Waals surface area contributed by atoms with Crippen LogP contribution in [0.4, 0.5) is 11.4 Å². The standard InChI is InChI=1S/C24H22N2O3/c1-15-6-4-9-22(16(15)2)26-24(29)20-8-5-7-19(14-20)23(28)25-21-12-10-18(11-13-21)17(3)27/h4-14H,1-3H3,(H,25,28)(H,26,29). The predicted octanol–water partition coefficient (Wildman–Crippen LogP) is 5.01. The molecule has 0 bridgehead atoms. The van der Waals surface area contributed by atoms with Gasteiger partial charge in [-0.2, -0.15) is 0 Å². The average molecular weight is 386 g/mol. The molecule has 0 spiro atoms. The maximum absolute atomic E-state index is 12.6.